The monoisotopic (exact) mass is 510 g/mol. The summed E-state index contributed by atoms with van der Waals surface area (Å²) in [6.07, 6.45) is 0.202. The van der Waals surface area contributed by atoms with Gasteiger partial charge in [-0.25, -0.2) is 16.8 Å². The Bertz CT molecular complexity index is 1170. The lowest BCUT2D eigenvalue weighted by Crippen LogP contribution is -2.21. The zero-order chi connectivity index (χ0) is 25.5. The van der Waals surface area contributed by atoms with Gasteiger partial charge in [-0.3, -0.25) is 19.0 Å². The molecule has 0 aliphatic rings. The van der Waals surface area contributed by atoms with Gasteiger partial charge >= 0.3 is 0 Å². The average molecular weight is 511 g/mol. The van der Waals surface area contributed by atoms with Gasteiger partial charge in [-0.2, -0.15) is 0 Å². The van der Waals surface area contributed by atoms with Gasteiger partial charge in [0.25, 0.3) is 0 Å². The highest BCUT2D eigenvalue weighted by atomic mass is 32.2. The van der Waals surface area contributed by atoms with E-state index in [1.54, 1.807) is 50.2 Å². The highest BCUT2D eigenvalue weighted by molar-refractivity contribution is 7.93. The number of amides is 2. The first-order chi connectivity index (χ1) is 15.8. The fraction of sp³-hybridized carbons (Fsp3) is 0.364. The number of anilines is 4. The standard InChI is InChI=1S/C22H30N4O6S2/c1-15-7-9-19(23-17(3)27)21(13-15)25-33(29,30)11-5-6-12-34(31,32)26-22-14-16(2)8-10-20(22)24-18(4)28/h7-10,13-14,25-26H,5-6,11-12H2,1-4H3,(H,23,27)(H,24,28). The van der Waals surface area contributed by atoms with Gasteiger partial charge in [-0.1, -0.05) is 12.1 Å². The molecule has 4 N–H and O–H groups in total. The summed E-state index contributed by atoms with van der Waals surface area (Å²) < 4.78 is 55.0. The molecule has 2 amide bonds. The van der Waals surface area contributed by atoms with Crippen LogP contribution in [0.25, 0.3) is 0 Å². The molecule has 2 rings (SSSR count). The quantitative estimate of drug-likeness (QED) is 0.341. The Hall–Kier alpha value is -3.12. The molecule has 2 aromatic carbocycles. The molecule has 186 valence electrons. The zero-order valence-corrected chi connectivity index (χ0v) is 21.2. The van der Waals surface area contributed by atoms with Gasteiger partial charge in [0.15, 0.2) is 0 Å². The van der Waals surface area contributed by atoms with Crippen LogP contribution in [0.1, 0.15) is 37.8 Å². The van der Waals surface area contributed by atoms with Crippen LogP contribution in [0.4, 0.5) is 22.7 Å². The SMILES string of the molecule is CC(=O)Nc1ccc(C)cc1NS(=O)(=O)CCCCS(=O)(=O)Nc1cc(C)ccc1NC(C)=O. The van der Waals surface area contributed by atoms with Crippen molar-refractivity contribution in [3.63, 3.8) is 0 Å². The molecular formula is C22H30N4O6S2. The van der Waals surface area contributed by atoms with E-state index in [2.05, 4.69) is 20.1 Å². The van der Waals surface area contributed by atoms with Crippen LogP contribution >= 0.6 is 0 Å². The van der Waals surface area contributed by atoms with Crippen molar-refractivity contribution >= 4 is 54.6 Å². The van der Waals surface area contributed by atoms with Gasteiger partial charge < -0.3 is 10.6 Å². The van der Waals surface area contributed by atoms with Crippen LogP contribution in [0.15, 0.2) is 36.4 Å². The molecule has 0 atom stereocenters. The third-order valence-electron chi connectivity index (χ3n) is 4.58. The maximum atomic E-state index is 12.5. The summed E-state index contributed by atoms with van der Waals surface area (Å²) in [5.41, 5.74) is 2.77. The summed E-state index contributed by atoms with van der Waals surface area (Å²) in [6.45, 7) is 6.22. The topological polar surface area (TPSA) is 151 Å². The molecule has 0 aliphatic carbocycles. The molecule has 0 spiro atoms. The molecule has 0 unspecified atom stereocenters. The van der Waals surface area contributed by atoms with Crippen LogP contribution in [0.5, 0.6) is 0 Å². The van der Waals surface area contributed by atoms with E-state index < -0.39 is 20.0 Å². The van der Waals surface area contributed by atoms with Crippen LogP contribution < -0.4 is 20.1 Å². The van der Waals surface area contributed by atoms with Gasteiger partial charge in [-0.15, -0.1) is 0 Å². The number of carbonyl (C=O) groups is 2. The second-order valence-electron chi connectivity index (χ2n) is 8.01. The summed E-state index contributed by atoms with van der Waals surface area (Å²) in [5, 5.41) is 5.15. The Morgan fingerprint density at radius 2 is 1.00 bits per heavy atom. The van der Waals surface area contributed by atoms with Gasteiger partial charge in [0, 0.05) is 13.8 Å². The lowest BCUT2D eigenvalue weighted by molar-refractivity contribution is -0.115. The first-order valence-corrected chi connectivity index (χ1v) is 13.8. The number of hydrogen-bond acceptors (Lipinski definition) is 6. The summed E-state index contributed by atoms with van der Waals surface area (Å²) in [6, 6.07) is 9.90. The molecule has 10 nitrogen and oxygen atoms in total. The molecule has 0 aromatic heterocycles. The normalized spacial score (nSPS) is 11.5. The van der Waals surface area contributed by atoms with Crippen molar-refractivity contribution < 1.29 is 26.4 Å². The molecule has 0 radical (unpaired) electrons. The Labute approximate surface area is 200 Å². The van der Waals surface area contributed by atoms with Crippen molar-refractivity contribution in [1.82, 2.24) is 0 Å². The molecule has 2 aromatic rings. The van der Waals surface area contributed by atoms with Crippen molar-refractivity contribution in [1.29, 1.82) is 0 Å². The fourth-order valence-corrected chi connectivity index (χ4v) is 5.48. The first-order valence-electron chi connectivity index (χ1n) is 10.5. The Morgan fingerprint density at radius 1 is 0.647 bits per heavy atom. The van der Waals surface area contributed by atoms with Gasteiger partial charge in [0.05, 0.1) is 34.3 Å². The lowest BCUT2D eigenvalue weighted by atomic mass is 10.2. The summed E-state index contributed by atoms with van der Waals surface area (Å²) in [5.74, 6) is -1.26. The Balaban J connectivity index is 1.98. The largest absolute Gasteiger partial charge is 0.325 e. The zero-order valence-electron chi connectivity index (χ0n) is 19.6. The number of rotatable bonds is 11. The minimum atomic E-state index is -3.78. The van der Waals surface area contributed by atoms with Crippen molar-refractivity contribution in [2.24, 2.45) is 0 Å². The molecule has 0 heterocycles. The Morgan fingerprint density at radius 3 is 1.32 bits per heavy atom. The molecule has 34 heavy (non-hydrogen) atoms. The summed E-state index contributed by atoms with van der Waals surface area (Å²) in [7, 11) is -7.55. The van der Waals surface area contributed by atoms with E-state index >= 15 is 0 Å². The van der Waals surface area contributed by atoms with Crippen molar-refractivity contribution in [2.45, 2.75) is 40.5 Å². The summed E-state index contributed by atoms with van der Waals surface area (Å²) in [4.78, 5) is 22.7. The third-order valence-corrected chi connectivity index (χ3v) is 7.29. The lowest BCUT2D eigenvalue weighted by Gasteiger charge is -2.15. The minimum Gasteiger partial charge on any atom is -0.325 e. The molecule has 0 saturated carbocycles. The maximum absolute atomic E-state index is 12.5. The number of hydrogen-bond donors (Lipinski definition) is 4. The van der Waals surface area contributed by atoms with Crippen molar-refractivity contribution in [3.8, 4) is 0 Å². The number of carbonyl (C=O) groups excluding carboxylic acids is 2. The van der Waals surface area contributed by atoms with E-state index in [0.717, 1.165) is 11.1 Å². The van der Waals surface area contributed by atoms with E-state index in [1.807, 2.05) is 0 Å². The van der Waals surface area contributed by atoms with E-state index in [0.29, 0.717) is 11.4 Å². The highest BCUT2D eigenvalue weighted by Gasteiger charge is 2.17. The number of nitrogens with one attached hydrogen (secondary N) is 4. The second kappa shape index (κ2) is 11.3. The number of benzene rings is 2. The van der Waals surface area contributed by atoms with E-state index in [4.69, 9.17) is 0 Å². The number of sulfonamides is 2. The number of unbranched alkanes of at least 4 members (excludes halogenated alkanes) is 1. The molecule has 0 saturated heterocycles. The van der Waals surface area contributed by atoms with E-state index in [-0.39, 0.29) is 47.5 Å². The van der Waals surface area contributed by atoms with Crippen LogP contribution in [0, 0.1) is 13.8 Å². The van der Waals surface area contributed by atoms with Gasteiger partial charge in [0.2, 0.25) is 31.9 Å². The van der Waals surface area contributed by atoms with Crippen LogP contribution in [0.3, 0.4) is 0 Å². The van der Waals surface area contributed by atoms with Crippen LogP contribution in [-0.4, -0.2) is 40.2 Å². The fourth-order valence-electron chi connectivity index (χ4n) is 3.10. The second-order valence-corrected chi connectivity index (χ2v) is 11.7. The average Bonchev–Trinajstić information content (AvgIpc) is 2.68. The minimum absolute atomic E-state index is 0.101. The van der Waals surface area contributed by atoms with Gasteiger partial charge in [0.1, 0.15) is 0 Å². The molecule has 0 fully saturated rings. The third kappa shape index (κ3) is 9.02. The predicted molar refractivity (Wildman–Crippen MR) is 135 cm³/mol. The molecule has 0 bridgehead atoms. The molecule has 0 aliphatic heterocycles. The first kappa shape index (κ1) is 27.1. The van der Waals surface area contributed by atoms with Gasteiger partial charge in [-0.05, 0) is 62.1 Å². The van der Waals surface area contributed by atoms with Crippen LogP contribution in [-0.2, 0) is 29.6 Å². The van der Waals surface area contributed by atoms with Crippen molar-refractivity contribution in [2.75, 3.05) is 31.6 Å². The maximum Gasteiger partial charge on any atom is 0.232 e. The number of aryl methyl sites for hydroxylation is 2. The highest BCUT2D eigenvalue weighted by Crippen LogP contribution is 2.26. The van der Waals surface area contributed by atoms with Crippen molar-refractivity contribution in [3.05, 3.63) is 47.5 Å². The summed E-state index contributed by atoms with van der Waals surface area (Å²) >= 11 is 0. The Kier molecular flexibility index (Phi) is 9.05. The molecule has 12 heteroatoms. The van der Waals surface area contributed by atoms with E-state index in [1.165, 1.54) is 13.8 Å². The van der Waals surface area contributed by atoms with E-state index in [9.17, 15) is 26.4 Å². The molecular weight excluding hydrogens is 480 g/mol. The predicted octanol–water partition coefficient (Wildman–Crippen LogP) is 3.18. The van der Waals surface area contributed by atoms with Crippen LogP contribution in [0.2, 0.25) is 0 Å². The smallest absolute Gasteiger partial charge is 0.232 e.